The molecule has 0 aliphatic rings. The molecule has 4 heteroatoms. The Morgan fingerprint density at radius 2 is 2.29 bits per heavy atom. The van der Waals surface area contributed by atoms with E-state index in [0.717, 1.165) is 21.6 Å². The number of hydrogen-bond donors (Lipinski definition) is 2. The van der Waals surface area contributed by atoms with E-state index >= 15 is 0 Å². The third kappa shape index (κ3) is 1.86. The lowest BCUT2D eigenvalue weighted by molar-refractivity contribution is 0.277. The Kier molecular flexibility index (Phi) is 2.65. The minimum Gasteiger partial charge on any atom is -0.390 e. The molecule has 2 aromatic rings. The van der Waals surface area contributed by atoms with E-state index in [-0.39, 0.29) is 6.61 Å². The number of imidazole rings is 1. The summed E-state index contributed by atoms with van der Waals surface area (Å²) in [6.07, 6.45) is 1.64. The lowest BCUT2D eigenvalue weighted by Crippen LogP contribution is -1.83. The van der Waals surface area contributed by atoms with Crippen LogP contribution in [-0.4, -0.2) is 15.1 Å². The van der Waals surface area contributed by atoms with Crippen LogP contribution in [0.4, 0.5) is 0 Å². The van der Waals surface area contributed by atoms with E-state index in [1.807, 2.05) is 24.3 Å². The van der Waals surface area contributed by atoms with Gasteiger partial charge in [-0.15, -0.1) is 0 Å². The second kappa shape index (κ2) is 3.94. The van der Waals surface area contributed by atoms with Crippen LogP contribution >= 0.6 is 15.9 Å². The highest BCUT2D eigenvalue weighted by Gasteiger charge is 2.02. The van der Waals surface area contributed by atoms with Crippen LogP contribution in [0.5, 0.6) is 0 Å². The Hall–Kier alpha value is -1.13. The van der Waals surface area contributed by atoms with Crippen molar-refractivity contribution in [1.29, 1.82) is 0 Å². The summed E-state index contributed by atoms with van der Waals surface area (Å²) in [5.41, 5.74) is 1.72. The van der Waals surface area contributed by atoms with Crippen molar-refractivity contribution in [3.8, 4) is 11.4 Å². The summed E-state index contributed by atoms with van der Waals surface area (Å²) in [6, 6.07) is 7.84. The van der Waals surface area contributed by atoms with Crippen molar-refractivity contribution in [2.75, 3.05) is 0 Å². The smallest absolute Gasteiger partial charge is 0.137 e. The summed E-state index contributed by atoms with van der Waals surface area (Å²) in [4.78, 5) is 7.19. The maximum atomic E-state index is 8.87. The van der Waals surface area contributed by atoms with Gasteiger partial charge in [-0.05, 0) is 12.1 Å². The van der Waals surface area contributed by atoms with Crippen molar-refractivity contribution in [3.63, 3.8) is 0 Å². The Bertz CT molecular complexity index is 439. The first-order valence-electron chi connectivity index (χ1n) is 4.20. The number of nitrogens with one attached hydrogen (secondary N) is 1. The zero-order chi connectivity index (χ0) is 9.97. The molecule has 14 heavy (non-hydrogen) atoms. The van der Waals surface area contributed by atoms with Gasteiger partial charge < -0.3 is 10.1 Å². The van der Waals surface area contributed by atoms with E-state index in [9.17, 15) is 0 Å². The molecule has 0 amide bonds. The molecule has 0 aliphatic carbocycles. The molecule has 0 saturated carbocycles. The number of rotatable bonds is 2. The van der Waals surface area contributed by atoms with Crippen molar-refractivity contribution in [2.45, 2.75) is 6.61 Å². The number of H-pyrrole nitrogens is 1. The zero-order valence-corrected chi connectivity index (χ0v) is 8.95. The van der Waals surface area contributed by atoms with Gasteiger partial charge in [-0.25, -0.2) is 4.98 Å². The number of halogens is 1. The van der Waals surface area contributed by atoms with Gasteiger partial charge in [0.2, 0.25) is 0 Å². The molecule has 1 heterocycles. The maximum absolute atomic E-state index is 8.87. The summed E-state index contributed by atoms with van der Waals surface area (Å²) in [6.45, 7) is -0.0129. The molecule has 0 unspecified atom stereocenters. The standard InChI is InChI=1S/C10H9BrN2O/c11-8-3-1-2-7(4-8)10-12-5-9(6-14)13-10/h1-5,14H,6H2,(H,12,13). The molecule has 0 atom stereocenters. The van der Waals surface area contributed by atoms with E-state index in [1.165, 1.54) is 0 Å². The van der Waals surface area contributed by atoms with Crippen LogP contribution in [0.2, 0.25) is 0 Å². The molecule has 0 saturated heterocycles. The minimum absolute atomic E-state index is 0.0129. The lowest BCUT2D eigenvalue weighted by atomic mass is 10.2. The van der Waals surface area contributed by atoms with Gasteiger partial charge in [0, 0.05) is 10.0 Å². The zero-order valence-electron chi connectivity index (χ0n) is 7.37. The van der Waals surface area contributed by atoms with Crippen LogP contribution in [0.3, 0.4) is 0 Å². The van der Waals surface area contributed by atoms with Crippen LogP contribution in [-0.2, 0) is 6.61 Å². The largest absolute Gasteiger partial charge is 0.390 e. The number of aliphatic hydroxyl groups is 1. The summed E-state index contributed by atoms with van der Waals surface area (Å²) in [5.74, 6) is 0.773. The Balaban J connectivity index is 2.39. The van der Waals surface area contributed by atoms with Gasteiger partial charge in [0.05, 0.1) is 18.5 Å². The molecular weight excluding hydrogens is 244 g/mol. The average molecular weight is 253 g/mol. The fourth-order valence-corrected chi connectivity index (χ4v) is 1.62. The third-order valence-electron chi connectivity index (χ3n) is 1.90. The summed E-state index contributed by atoms with van der Waals surface area (Å²) < 4.78 is 1.01. The number of aromatic nitrogens is 2. The second-order valence-corrected chi connectivity index (χ2v) is 3.84. The van der Waals surface area contributed by atoms with Gasteiger partial charge in [-0.1, -0.05) is 28.1 Å². The Morgan fingerprint density at radius 3 is 2.93 bits per heavy atom. The molecule has 0 radical (unpaired) electrons. The molecule has 0 bridgehead atoms. The number of aromatic amines is 1. The molecule has 0 aliphatic heterocycles. The van der Waals surface area contributed by atoms with Crippen LogP contribution in [0.15, 0.2) is 34.9 Å². The van der Waals surface area contributed by atoms with Gasteiger partial charge in [0.15, 0.2) is 0 Å². The quantitative estimate of drug-likeness (QED) is 0.862. The normalized spacial score (nSPS) is 10.4. The second-order valence-electron chi connectivity index (χ2n) is 2.93. The number of hydrogen-bond acceptors (Lipinski definition) is 2. The summed E-state index contributed by atoms with van der Waals surface area (Å²) in [7, 11) is 0. The molecule has 2 rings (SSSR count). The molecular formula is C10H9BrN2O. The van der Waals surface area contributed by atoms with E-state index in [1.54, 1.807) is 6.20 Å². The maximum Gasteiger partial charge on any atom is 0.137 e. The topological polar surface area (TPSA) is 48.9 Å². The monoisotopic (exact) mass is 252 g/mol. The molecule has 0 fully saturated rings. The van der Waals surface area contributed by atoms with Crippen molar-refractivity contribution in [1.82, 2.24) is 9.97 Å². The van der Waals surface area contributed by atoms with Gasteiger partial charge in [0.1, 0.15) is 5.82 Å². The summed E-state index contributed by atoms with van der Waals surface area (Å²) in [5, 5.41) is 8.87. The molecule has 3 nitrogen and oxygen atoms in total. The number of aliphatic hydroxyl groups excluding tert-OH is 1. The van der Waals surface area contributed by atoms with E-state index in [0.29, 0.717) is 0 Å². The highest BCUT2D eigenvalue weighted by Crippen LogP contribution is 2.20. The van der Waals surface area contributed by atoms with Crippen LogP contribution < -0.4 is 0 Å². The van der Waals surface area contributed by atoms with Crippen molar-refractivity contribution in [3.05, 3.63) is 40.6 Å². The third-order valence-corrected chi connectivity index (χ3v) is 2.39. The molecule has 0 spiro atoms. The molecule has 2 N–H and O–H groups in total. The van der Waals surface area contributed by atoms with Crippen LogP contribution in [0.1, 0.15) is 5.69 Å². The van der Waals surface area contributed by atoms with Gasteiger partial charge in [-0.3, -0.25) is 0 Å². The molecule has 1 aromatic heterocycles. The predicted octanol–water partition coefficient (Wildman–Crippen LogP) is 2.33. The van der Waals surface area contributed by atoms with Crippen LogP contribution in [0.25, 0.3) is 11.4 Å². The highest BCUT2D eigenvalue weighted by atomic mass is 79.9. The van der Waals surface area contributed by atoms with Crippen molar-refractivity contribution in [2.24, 2.45) is 0 Å². The van der Waals surface area contributed by atoms with Crippen molar-refractivity contribution >= 4 is 15.9 Å². The van der Waals surface area contributed by atoms with Crippen molar-refractivity contribution < 1.29 is 5.11 Å². The lowest BCUT2D eigenvalue weighted by Gasteiger charge is -1.96. The molecule has 1 aromatic carbocycles. The number of nitrogens with zero attached hydrogens (tertiary/aromatic N) is 1. The minimum atomic E-state index is -0.0129. The number of benzene rings is 1. The highest BCUT2D eigenvalue weighted by molar-refractivity contribution is 9.10. The van der Waals surface area contributed by atoms with E-state index < -0.39 is 0 Å². The SMILES string of the molecule is OCc1cnc(-c2cccc(Br)c2)[nH]1. The van der Waals surface area contributed by atoms with Gasteiger partial charge in [-0.2, -0.15) is 0 Å². The first kappa shape index (κ1) is 9.43. The Labute approximate surface area is 89.9 Å². The summed E-state index contributed by atoms with van der Waals surface area (Å²) >= 11 is 3.39. The van der Waals surface area contributed by atoms with E-state index in [2.05, 4.69) is 25.9 Å². The average Bonchev–Trinajstić information content (AvgIpc) is 2.66. The van der Waals surface area contributed by atoms with Gasteiger partial charge in [0.25, 0.3) is 0 Å². The van der Waals surface area contributed by atoms with E-state index in [4.69, 9.17) is 5.11 Å². The van der Waals surface area contributed by atoms with Crippen LogP contribution in [0, 0.1) is 0 Å². The van der Waals surface area contributed by atoms with Gasteiger partial charge >= 0.3 is 0 Å². The first-order chi connectivity index (χ1) is 6.79. The molecule has 72 valence electrons. The fourth-order valence-electron chi connectivity index (χ4n) is 1.22. The Morgan fingerprint density at radius 1 is 1.43 bits per heavy atom. The predicted molar refractivity (Wildman–Crippen MR) is 57.6 cm³/mol. The first-order valence-corrected chi connectivity index (χ1v) is 4.99. The fraction of sp³-hybridized carbons (Fsp3) is 0.100.